The van der Waals surface area contributed by atoms with Gasteiger partial charge < -0.3 is 14.6 Å². The smallest absolute Gasteiger partial charge is 0.273 e. The van der Waals surface area contributed by atoms with Crippen molar-refractivity contribution in [3.05, 3.63) is 82.8 Å². The Morgan fingerprint density at radius 2 is 1.81 bits per heavy atom. The lowest BCUT2D eigenvalue weighted by Gasteiger charge is -2.35. The largest absolute Gasteiger partial charge is 0.447 e. The normalized spacial score (nSPS) is 14.6. The van der Waals surface area contributed by atoms with E-state index >= 15 is 0 Å². The second-order valence-corrected chi connectivity index (χ2v) is 7.97. The highest BCUT2D eigenvalue weighted by Gasteiger charge is 2.20. The van der Waals surface area contributed by atoms with E-state index < -0.39 is 0 Å². The van der Waals surface area contributed by atoms with Crippen LogP contribution in [-0.2, 0) is 13.1 Å². The SMILES string of the molecule is Cc1ccc(N2CCN(Cc3nc(C(=O)NCc4ccc(F)cc4)co3)CC2)cc1C. The minimum atomic E-state index is -0.307. The van der Waals surface area contributed by atoms with Crippen molar-refractivity contribution in [2.75, 3.05) is 31.1 Å². The van der Waals surface area contributed by atoms with Gasteiger partial charge in [0.1, 0.15) is 12.1 Å². The Labute approximate surface area is 181 Å². The first-order valence-corrected chi connectivity index (χ1v) is 10.5. The molecule has 0 spiro atoms. The van der Waals surface area contributed by atoms with Crippen molar-refractivity contribution < 1.29 is 13.6 Å². The fourth-order valence-corrected chi connectivity index (χ4v) is 3.64. The molecule has 1 N–H and O–H groups in total. The molecule has 1 aliphatic rings. The van der Waals surface area contributed by atoms with E-state index in [4.69, 9.17) is 4.42 Å². The van der Waals surface area contributed by atoms with Gasteiger partial charge in [-0.3, -0.25) is 9.69 Å². The minimum Gasteiger partial charge on any atom is -0.447 e. The molecule has 31 heavy (non-hydrogen) atoms. The highest BCUT2D eigenvalue weighted by atomic mass is 19.1. The second kappa shape index (κ2) is 9.31. The number of rotatable bonds is 6. The molecular formula is C24H27FN4O2. The summed E-state index contributed by atoms with van der Waals surface area (Å²) in [5, 5.41) is 2.78. The molecule has 2 aromatic carbocycles. The molecule has 0 aliphatic carbocycles. The number of aromatic nitrogens is 1. The van der Waals surface area contributed by atoms with Gasteiger partial charge in [0, 0.05) is 38.4 Å². The van der Waals surface area contributed by atoms with Gasteiger partial charge in [0.05, 0.1) is 6.54 Å². The predicted octanol–water partition coefficient (Wildman–Crippen LogP) is 3.68. The van der Waals surface area contributed by atoms with Crippen LogP contribution in [0.1, 0.15) is 33.1 Å². The van der Waals surface area contributed by atoms with E-state index in [1.807, 2.05) is 0 Å². The molecule has 6 nitrogen and oxygen atoms in total. The first-order chi connectivity index (χ1) is 15.0. The zero-order valence-electron chi connectivity index (χ0n) is 17.9. The van der Waals surface area contributed by atoms with Crippen LogP contribution in [0.25, 0.3) is 0 Å². The molecule has 4 rings (SSSR count). The van der Waals surface area contributed by atoms with Crippen molar-refractivity contribution in [1.82, 2.24) is 15.2 Å². The van der Waals surface area contributed by atoms with Crippen LogP contribution in [0.5, 0.6) is 0 Å². The molecule has 1 amide bonds. The molecular weight excluding hydrogens is 395 g/mol. The fourth-order valence-electron chi connectivity index (χ4n) is 3.64. The first-order valence-electron chi connectivity index (χ1n) is 10.5. The Morgan fingerprint density at radius 1 is 1.06 bits per heavy atom. The number of amides is 1. The van der Waals surface area contributed by atoms with Gasteiger partial charge in [-0.25, -0.2) is 9.37 Å². The number of oxazole rings is 1. The summed E-state index contributed by atoms with van der Waals surface area (Å²) in [4.78, 5) is 21.3. The van der Waals surface area contributed by atoms with Gasteiger partial charge in [-0.1, -0.05) is 18.2 Å². The number of benzene rings is 2. The Bertz CT molecular complexity index is 1040. The van der Waals surface area contributed by atoms with E-state index in [2.05, 4.69) is 52.1 Å². The maximum Gasteiger partial charge on any atom is 0.273 e. The molecule has 0 saturated carbocycles. The maximum absolute atomic E-state index is 13.0. The lowest BCUT2D eigenvalue weighted by atomic mass is 10.1. The summed E-state index contributed by atoms with van der Waals surface area (Å²) in [7, 11) is 0. The van der Waals surface area contributed by atoms with Crippen LogP contribution < -0.4 is 10.2 Å². The van der Waals surface area contributed by atoms with E-state index in [0.717, 1.165) is 31.7 Å². The second-order valence-electron chi connectivity index (χ2n) is 7.97. The summed E-state index contributed by atoms with van der Waals surface area (Å²) in [6, 6.07) is 12.6. The van der Waals surface area contributed by atoms with Gasteiger partial charge >= 0.3 is 0 Å². The van der Waals surface area contributed by atoms with Crippen LogP contribution in [0.2, 0.25) is 0 Å². The summed E-state index contributed by atoms with van der Waals surface area (Å²) >= 11 is 0. The Balaban J connectivity index is 1.26. The average molecular weight is 423 g/mol. The van der Waals surface area contributed by atoms with Crippen LogP contribution in [0, 0.1) is 19.7 Å². The summed E-state index contributed by atoms with van der Waals surface area (Å²) < 4.78 is 18.5. The number of hydrogen-bond donors (Lipinski definition) is 1. The number of hydrogen-bond acceptors (Lipinski definition) is 5. The number of anilines is 1. The Hall–Kier alpha value is -3.19. The van der Waals surface area contributed by atoms with Gasteiger partial charge in [-0.15, -0.1) is 0 Å². The molecule has 7 heteroatoms. The van der Waals surface area contributed by atoms with Crippen molar-refractivity contribution >= 4 is 11.6 Å². The first kappa shape index (κ1) is 21.1. The lowest BCUT2D eigenvalue weighted by molar-refractivity contribution is 0.0945. The maximum atomic E-state index is 13.0. The fraction of sp³-hybridized carbons (Fsp3) is 0.333. The van der Waals surface area contributed by atoms with Crippen molar-refractivity contribution in [3.63, 3.8) is 0 Å². The summed E-state index contributed by atoms with van der Waals surface area (Å²) in [6.07, 6.45) is 1.39. The van der Waals surface area contributed by atoms with Gasteiger partial charge in [-0.2, -0.15) is 0 Å². The van der Waals surface area contributed by atoms with Gasteiger partial charge in [0.2, 0.25) is 5.89 Å². The molecule has 1 aliphatic heterocycles. The van der Waals surface area contributed by atoms with Gasteiger partial charge in [0.15, 0.2) is 5.69 Å². The van der Waals surface area contributed by atoms with E-state index in [1.54, 1.807) is 12.1 Å². The molecule has 1 aromatic heterocycles. The number of piperazine rings is 1. The highest BCUT2D eigenvalue weighted by Crippen LogP contribution is 2.21. The molecule has 0 atom stereocenters. The predicted molar refractivity (Wildman–Crippen MR) is 117 cm³/mol. The third kappa shape index (κ3) is 5.30. The van der Waals surface area contributed by atoms with E-state index in [1.165, 1.54) is 35.2 Å². The highest BCUT2D eigenvalue weighted by molar-refractivity contribution is 5.91. The van der Waals surface area contributed by atoms with E-state index in [9.17, 15) is 9.18 Å². The minimum absolute atomic E-state index is 0.255. The summed E-state index contributed by atoms with van der Waals surface area (Å²) in [5.41, 5.74) is 4.96. The molecule has 0 radical (unpaired) electrons. The standard InChI is InChI=1S/C24H27FN4O2/c1-17-3-8-21(13-18(17)2)29-11-9-28(10-12-29)15-23-27-22(16-31-23)24(30)26-14-19-4-6-20(25)7-5-19/h3-8,13,16H,9-12,14-15H2,1-2H3,(H,26,30). The van der Waals surface area contributed by atoms with E-state index in [0.29, 0.717) is 19.0 Å². The third-order valence-electron chi connectivity index (χ3n) is 5.74. The average Bonchev–Trinajstić information content (AvgIpc) is 3.24. The van der Waals surface area contributed by atoms with Crippen LogP contribution >= 0.6 is 0 Å². The van der Waals surface area contributed by atoms with Gasteiger partial charge in [-0.05, 0) is 54.8 Å². The molecule has 3 aromatic rings. The Kier molecular flexibility index (Phi) is 6.32. The third-order valence-corrected chi connectivity index (χ3v) is 5.74. The van der Waals surface area contributed by atoms with Crippen molar-refractivity contribution in [1.29, 1.82) is 0 Å². The van der Waals surface area contributed by atoms with Crippen LogP contribution in [0.15, 0.2) is 53.1 Å². The number of carbonyl (C=O) groups excluding carboxylic acids is 1. The quantitative estimate of drug-likeness (QED) is 0.657. The van der Waals surface area contributed by atoms with Crippen molar-refractivity contribution in [2.45, 2.75) is 26.9 Å². The zero-order valence-corrected chi connectivity index (χ0v) is 17.9. The van der Waals surface area contributed by atoms with Crippen LogP contribution in [0.4, 0.5) is 10.1 Å². The van der Waals surface area contributed by atoms with Crippen molar-refractivity contribution in [3.8, 4) is 0 Å². The number of nitrogens with zero attached hydrogens (tertiary/aromatic N) is 3. The summed E-state index contributed by atoms with van der Waals surface area (Å²) in [5.74, 6) is -0.0727. The van der Waals surface area contributed by atoms with Crippen LogP contribution in [0.3, 0.4) is 0 Å². The monoisotopic (exact) mass is 422 g/mol. The van der Waals surface area contributed by atoms with Crippen LogP contribution in [-0.4, -0.2) is 42.0 Å². The molecule has 162 valence electrons. The number of aryl methyl sites for hydroxylation is 2. The molecule has 1 fully saturated rings. The van der Waals surface area contributed by atoms with Crippen molar-refractivity contribution in [2.24, 2.45) is 0 Å². The zero-order chi connectivity index (χ0) is 21.8. The molecule has 0 unspecified atom stereocenters. The number of nitrogens with one attached hydrogen (secondary N) is 1. The molecule has 0 bridgehead atoms. The van der Waals surface area contributed by atoms with Gasteiger partial charge in [0.25, 0.3) is 5.91 Å². The van der Waals surface area contributed by atoms with E-state index in [-0.39, 0.29) is 17.4 Å². The number of carbonyl (C=O) groups is 1. The number of halogens is 1. The molecule has 2 heterocycles. The molecule has 1 saturated heterocycles. The summed E-state index contributed by atoms with van der Waals surface area (Å²) in [6.45, 7) is 8.84. The topological polar surface area (TPSA) is 61.6 Å². The Morgan fingerprint density at radius 3 is 2.52 bits per heavy atom. The lowest BCUT2D eigenvalue weighted by Crippen LogP contribution is -2.46.